The molecule has 2 heterocycles. The van der Waals surface area contributed by atoms with Crippen molar-refractivity contribution in [3.05, 3.63) is 0 Å². The van der Waals surface area contributed by atoms with Crippen molar-refractivity contribution >= 4 is 5.97 Å². The largest absolute Gasteiger partial charge is 0.434 e. The van der Waals surface area contributed by atoms with Gasteiger partial charge in [0.25, 0.3) is 0 Å². The van der Waals surface area contributed by atoms with Crippen molar-refractivity contribution in [2.45, 2.75) is 51.4 Å². The summed E-state index contributed by atoms with van der Waals surface area (Å²) >= 11 is 0. The topological polar surface area (TPSA) is 57.2 Å². The van der Waals surface area contributed by atoms with Crippen LogP contribution >= 0.6 is 0 Å². The average molecular weight is 245 g/mol. The van der Waals surface area contributed by atoms with Gasteiger partial charge in [-0.05, 0) is 13.8 Å². The third kappa shape index (κ3) is 2.95. The number of hydroxylamine groups is 2. The van der Waals surface area contributed by atoms with E-state index in [0.717, 1.165) is 0 Å². The Morgan fingerprint density at radius 3 is 2.71 bits per heavy atom. The summed E-state index contributed by atoms with van der Waals surface area (Å²) in [6.07, 6.45) is 0.0190. The maximum Gasteiger partial charge on any atom is 0.304 e. The van der Waals surface area contributed by atoms with Crippen molar-refractivity contribution in [1.29, 1.82) is 0 Å². The molecule has 0 aromatic carbocycles. The number of hydrogen-bond donors (Lipinski definition) is 0. The predicted molar refractivity (Wildman–Crippen MR) is 57.7 cm³/mol. The SMILES string of the molecule is CC(=O)O[C@@H]1C[C@@H]([C@H]2COC(C)(C)O2)N(C)O1. The van der Waals surface area contributed by atoms with Crippen LogP contribution in [0, 0.1) is 0 Å². The summed E-state index contributed by atoms with van der Waals surface area (Å²) in [6, 6.07) is 0.0427. The van der Waals surface area contributed by atoms with E-state index in [2.05, 4.69) is 0 Å². The van der Waals surface area contributed by atoms with E-state index in [4.69, 9.17) is 19.0 Å². The standard InChI is InChI=1S/C11H19NO5/c1-7(13)15-10-5-8(12(4)17-10)9-6-14-11(2,3)16-9/h8-10H,5-6H2,1-4H3/t8-,9+,10-/m0/s1. The highest BCUT2D eigenvalue weighted by atomic mass is 16.8. The zero-order valence-electron chi connectivity index (χ0n) is 10.6. The third-order valence-electron chi connectivity index (χ3n) is 2.94. The van der Waals surface area contributed by atoms with Gasteiger partial charge in [0.05, 0.1) is 12.6 Å². The summed E-state index contributed by atoms with van der Waals surface area (Å²) in [5, 5.41) is 1.68. The highest BCUT2D eigenvalue weighted by Crippen LogP contribution is 2.31. The van der Waals surface area contributed by atoms with E-state index in [9.17, 15) is 4.79 Å². The van der Waals surface area contributed by atoms with Crippen LogP contribution in [0.25, 0.3) is 0 Å². The van der Waals surface area contributed by atoms with Crippen molar-refractivity contribution in [3.8, 4) is 0 Å². The number of likely N-dealkylation sites (N-methyl/N-ethyl adjacent to an activating group) is 1. The molecule has 0 aromatic heterocycles. The Balaban J connectivity index is 1.92. The summed E-state index contributed by atoms with van der Waals surface area (Å²) in [6.45, 7) is 5.66. The second-order valence-electron chi connectivity index (χ2n) is 4.86. The molecule has 6 heteroatoms. The molecule has 2 fully saturated rings. The second kappa shape index (κ2) is 4.53. The minimum Gasteiger partial charge on any atom is -0.434 e. The minimum atomic E-state index is -0.551. The Morgan fingerprint density at radius 2 is 2.18 bits per heavy atom. The van der Waals surface area contributed by atoms with Gasteiger partial charge < -0.3 is 14.2 Å². The zero-order valence-corrected chi connectivity index (χ0v) is 10.6. The molecule has 0 radical (unpaired) electrons. The fraction of sp³-hybridized carbons (Fsp3) is 0.909. The number of ether oxygens (including phenoxy) is 3. The van der Waals surface area contributed by atoms with Crippen LogP contribution in [0.3, 0.4) is 0 Å². The maximum atomic E-state index is 10.9. The lowest BCUT2D eigenvalue weighted by molar-refractivity contribution is -0.231. The quantitative estimate of drug-likeness (QED) is 0.666. The molecular formula is C11H19NO5. The molecule has 6 nitrogen and oxygen atoms in total. The van der Waals surface area contributed by atoms with Gasteiger partial charge in [0.2, 0.25) is 6.29 Å². The van der Waals surface area contributed by atoms with Gasteiger partial charge in [-0.15, -0.1) is 0 Å². The first-order chi connectivity index (χ1) is 7.87. The smallest absolute Gasteiger partial charge is 0.304 e. The third-order valence-corrected chi connectivity index (χ3v) is 2.94. The van der Waals surface area contributed by atoms with Crippen LogP contribution in [-0.2, 0) is 23.8 Å². The first-order valence-electron chi connectivity index (χ1n) is 5.76. The molecule has 0 unspecified atom stereocenters. The molecule has 2 rings (SSSR count). The normalized spacial score (nSPS) is 37.3. The predicted octanol–water partition coefficient (Wildman–Crippen LogP) is 0.663. The highest BCUT2D eigenvalue weighted by molar-refractivity contribution is 5.66. The van der Waals surface area contributed by atoms with Crippen LogP contribution < -0.4 is 0 Å². The average Bonchev–Trinajstić information content (AvgIpc) is 2.68. The van der Waals surface area contributed by atoms with Crippen molar-refractivity contribution in [1.82, 2.24) is 5.06 Å². The van der Waals surface area contributed by atoms with E-state index in [1.165, 1.54) is 6.92 Å². The molecule has 2 saturated heterocycles. The van der Waals surface area contributed by atoms with E-state index in [1.54, 1.807) is 5.06 Å². The lowest BCUT2D eigenvalue weighted by atomic mass is 10.1. The Kier molecular flexibility index (Phi) is 3.40. The summed E-state index contributed by atoms with van der Waals surface area (Å²) in [5.41, 5.74) is 0. The fourth-order valence-electron chi connectivity index (χ4n) is 2.20. The molecular weight excluding hydrogens is 226 g/mol. The van der Waals surface area contributed by atoms with Crippen LogP contribution in [0.1, 0.15) is 27.2 Å². The van der Waals surface area contributed by atoms with Gasteiger partial charge in [-0.2, -0.15) is 5.06 Å². The zero-order chi connectivity index (χ0) is 12.6. The van der Waals surface area contributed by atoms with E-state index in [1.807, 2.05) is 20.9 Å². The van der Waals surface area contributed by atoms with E-state index < -0.39 is 12.1 Å². The molecule has 17 heavy (non-hydrogen) atoms. The van der Waals surface area contributed by atoms with E-state index in [0.29, 0.717) is 13.0 Å². The van der Waals surface area contributed by atoms with Gasteiger partial charge in [-0.3, -0.25) is 9.63 Å². The minimum absolute atomic E-state index is 0.0427. The summed E-state index contributed by atoms with van der Waals surface area (Å²) in [7, 11) is 1.81. The summed E-state index contributed by atoms with van der Waals surface area (Å²) < 4.78 is 16.3. The molecule has 0 bridgehead atoms. The van der Waals surface area contributed by atoms with Crippen molar-refractivity contribution < 1.29 is 23.8 Å². The number of carbonyl (C=O) groups excluding carboxylic acids is 1. The fourth-order valence-corrected chi connectivity index (χ4v) is 2.20. The van der Waals surface area contributed by atoms with Crippen LogP contribution in [0.5, 0.6) is 0 Å². The first kappa shape index (κ1) is 12.8. The first-order valence-corrected chi connectivity index (χ1v) is 5.76. The van der Waals surface area contributed by atoms with Gasteiger partial charge >= 0.3 is 5.97 Å². The van der Waals surface area contributed by atoms with Crippen LogP contribution in [0.15, 0.2) is 0 Å². The van der Waals surface area contributed by atoms with E-state index in [-0.39, 0.29) is 18.1 Å². The van der Waals surface area contributed by atoms with Gasteiger partial charge in [-0.25, -0.2) is 0 Å². The Bertz CT molecular complexity index is 306. The Labute approximate surface area is 101 Å². The van der Waals surface area contributed by atoms with Crippen molar-refractivity contribution in [2.75, 3.05) is 13.7 Å². The summed E-state index contributed by atoms with van der Waals surface area (Å²) in [5.74, 6) is -0.890. The van der Waals surface area contributed by atoms with Crippen LogP contribution in [-0.4, -0.2) is 48.9 Å². The summed E-state index contributed by atoms with van der Waals surface area (Å²) in [4.78, 5) is 16.3. The molecule has 98 valence electrons. The Hall–Kier alpha value is -0.690. The molecule has 0 aromatic rings. The molecule has 0 aliphatic carbocycles. The molecule has 2 aliphatic heterocycles. The van der Waals surface area contributed by atoms with E-state index >= 15 is 0 Å². The number of rotatable bonds is 2. The monoisotopic (exact) mass is 245 g/mol. The molecule has 0 amide bonds. The van der Waals surface area contributed by atoms with Gasteiger partial charge in [0.1, 0.15) is 6.10 Å². The van der Waals surface area contributed by atoms with Gasteiger partial charge in [-0.1, -0.05) is 0 Å². The van der Waals surface area contributed by atoms with Gasteiger partial charge in [0, 0.05) is 20.4 Å². The lowest BCUT2D eigenvalue weighted by Crippen LogP contribution is -2.38. The Morgan fingerprint density at radius 1 is 1.47 bits per heavy atom. The maximum absolute atomic E-state index is 10.9. The van der Waals surface area contributed by atoms with Crippen LogP contribution in [0.2, 0.25) is 0 Å². The van der Waals surface area contributed by atoms with Crippen LogP contribution in [0.4, 0.5) is 0 Å². The number of nitrogens with zero attached hydrogens (tertiary/aromatic N) is 1. The molecule has 0 N–H and O–H groups in total. The van der Waals surface area contributed by atoms with Crippen molar-refractivity contribution in [3.63, 3.8) is 0 Å². The lowest BCUT2D eigenvalue weighted by Gasteiger charge is -2.23. The second-order valence-corrected chi connectivity index (χ2v) is 4.86. The number of carbonyl (C=O) groups is 1. The molecule has 0 saturated carbocycles. The molecule has 2 aliphatic rings. The van der Waals surface area contributed by atoms with Gasteiger partial charge in [0.15, 0.2) is 5.79 Å². The number of esters is 1. The molecule has 3 atom stereocenters. The van der Waals surface area contributed by atoms with Crippen molar-refractivity contribution in [2.24, 2.45) is 0 Å². The molecule has 0 spiro atoms. The highest BCUT2D eigenvalue weighted by Gasteiger charge is 2.44. The number of hydrogen-bond acceptors (Lipinski definition) is 6.